The minimum absolute atomic E-state index is 0.124. The van der Waals surface area contributed by atoms with Gasteiger partial charge in [0.1, 0.15) is 0 Å². The van der Waals surface area contributed by atoms with Gasteiger partial charge in [0.2, 0.25) is 15.9 Å². The van der Waals surface area contributed by atoms with Crippen molar-refractivity contribution in [2.75, 3.05) is 29.9 Å². The molecule has 2 amide bonds. The first-order valence-corrected chi connectivity index (χ1v) is 12.9. The lowest BCUT2D eigenvalue weighted by atomic mass is 9.94. The van der Waals surface area contributed by atoms with E-state index >= 15 is 0 Å². The van der Waals surface area contributed by atoms with Crippen molar-refractivity contribution in [3.63, 3.8) is 0 Å². The quantitative estimate of drug-likeness (QED) is 0.716. The molecule has 0 bridgehead atoms. The van der Waals surface area contributed by atoms with Gasteiger partial charge in [-0.05, 0) is 79.6 Å². The summed E-state index contributed by atoms with van der Waals surface area (Å²) in [7, 11) is -3.58. The Kier molecular flexibility index (Phi) is 6.59. The summed E-state index contributed by atoms with van der Waals surface area (Å²) in [5, 5.41) is 2.86. The summed E-state index contributed by atoms with van der Waals surface area (Å²) in [6.07, 6.45) is 2.46. The summed E-state index contributed by atoms with van der Waals surface area (Å²) < 4.78 is 27.7. The molecule has 2 heterocycles. The third-order valence-electron chi connectivity index (χ3n) is 6.41. The number of carbonyl (C=O) groups excluding carboxylic acids is 2. The Morgan fingerprint density at radius 3 is 2.27 bits per heavy atom. The molecule has 0 aliphatic carbocycles. The molecule has 2 aliphatic rings. The number of amides is 2. The average Bonchev–Trinajstić information content (AvgIpc) is 3.19. The van der Waals surface area contributed by atoms with Gasteiger partial charge in [-0.2, -0.15) is 4.31 Å². The first kappa shape index (κ1) is 23.4. The summed E-state index contributed by atoms with van der Waals surface area (Å²) in [4.78, 5) is 26.7. The zero-order valence-corrected chi connectivity index (χ0v) is 20.2. The van der Waals surface area contributed by atoms with Crippen molar-refractivity contribution < 1.29 is 18.0 Å². The van der Waals surface area contributed by atoms with E-state index in [9.17, 15) is 18.0 Å². The van der Waals surface area contributed by atoms with E-state index in [0.29, 0.717) is 42.6 Å². The Labute approximate surface area is 195 Å². The van der Waals surface area contributed by atoms with Crippen molar-refractivity contribution in [3.8, 4) is 0 Å². The molecule has 2 aromatic rings. The fourth-order valence-corrected chi connectivity index (χ4v) is 6.55. The molecule has 176 valence electrons. The van der Waals surface area contributed by atoms with Crippen LogP contribution in [0.15, 0.2) is 47.4 Å². The van der Waals surface area contributed by atoms with Gasteiger partial charge in [0.15, 0.2) is 0 Å². The topological polar surface area (TPSA) is 86.8 Å². The van der Waals surface area contributed by atoms with E-state index in [-0.39, 0.29) is 16.7 Å². The Hall–Kier alpha value is -2.71. The number of sulfonamides is 1. The van der Waals surface area contributed by atoms with E-state index in [1.165, 1.54) is 12.1 Å². The Balaban J connectivity index is 1.45. The lowest BCUT2D eigenvalue weighted by molar-refractivity contribution is -0.117. The monoisotopic (exact) mass is 469 g/mol. The number of rotatable bonds is 5. The highest BCUT2D eigenvalue weighted by atomic mass is 32.2. The van der Waals surface area contributed by atoms with Gasteiger partial charge in [-0.25, -0.2) is 8.42 Å². The number of anilines is 2. The summed E-state index contributed by atoms with van der Waals surface area (Å²) >= 11 is 0. The van der Waals surface area contributed by atoms with Crippen LogP contribution in [0.25, 0.3) is 0 Å². The van der Waals surface area contributed by atoms with Gasteiger partial charge < -0.3 is 10.2 Å². The molecule has 4 rings (SSSR count). The number of benzene rings is 2. The first-order valence-electron chi connectivity index (χ1n) is 11.5. The molecule has 7 nitrogen and oxygen atoms in total. The number of hydrogen-bond donors (Lipinski definition) is 1. The number of hydrogen-bond acceptors (Lipinski definition) is 4. The Morgan fingerprint density at radius 2 is 1.70 bits per heavy atom. The molecule has 2 aliphatic heterocycles. The predicted octanol–water partition coefficient (Wildman–Crippen LogP) is 4.04. The molecule has 2 saturated heterocycles. The molecule has 2 atom stereocenters. The van der Waals surface area contributed by atoms with Crippen LogP contribution in [0.3, 0.4) is 0 Å². The fourth-order valence-electron chi connectivity index (χ4n) is 4.87. The SMILES string of the molecule is Cc1cc(NC(=O)c2ccc(S(=O)(=O)N3CC(C)CC(C)C3)cc2)ccc1N1CCCC1=O. The smallest absolute Gasteiger partial charge is 0.255 e. The first-order chi connectivity index (χ1) is 15.6. The second-order valence-corrected chi connectivity index (χ2v) is 11.3. The highest BCUT2D eigenvalue weighted by Crippen LogP contribution is 2.29. The number of nitrogens with zero attached hydrogens (tertiary/aromatic N) is 2. The van der Waals surface area contributed by atoms with E-state index < -0.39 is 10.0 Å². The zero-order valence-electron chi connectivity index (χ0n) is 19.4. The molecule has 0 saturated carbocycles. The van der Waals surface area contributed by atoms with Crippen molar-refractivity contribution in [1.29, 1.82) is 0 Å². The number of nitrogens with one attached hydrogen (secondary N) is 1. The average molecular weight is 470 g/mol. The molecule has 33 heavy (non-hydrogen) atoms. The van der Waals surface area contributed by atoms with Gasteiger partial charge in [0, 0.05) is 43.0 Å². The Morgan fingerprint density at radius 1 is 1.03 bits per heavy atom. The van der Waals surface area contributed by atoms with Gasteiger partial charge in [-0.3, -0.25) is 9.59 Å². The van der Waals surface area contributed by atoms with Crippen LogP contribution in [-0.2, 0) is 14.8 Å². The second kappa shape index (κ2) is 9.27. The minimum atomic E-state index is -3.58. The van der Waals surface area contributed by atoms with Gasteiger partial charge >= 0.3 is 0 Å². The molecule has 2 aromatic carbocycles. The van der Waals surface area contributed by atoms with E-state index in [0.717, 1.165) is 30.6 Å². The molecule has 2 fully saturated rings. The molecular weight excluding hydrogens is 438 g/mol. The van der Waals surface area contributed by atoms with Crippen LogP contribution >= 0.6 is 0 Å². The van der Waals surface area contributed by atoms with Crippen LogP contribution in [0.1, 0.15) is 49.0 Å². The Bertz CT molecular complexity index is 1150. The number of aryl methyl sites for hydroxylation is 1. The maximum atomic E-state index is 13.0. The minimum Gasteiger partial charge on any atom is -0.322 e. The summed E-state index contributed by atoms with van der Waals surface area (Å²) in [6.45, 7) is 7.82. The molecule has 2 unspecified atom stereocenters. The van der Waals surface area contributed by atoms with Crippen LogP contribution in [0.2, 0.25) is 0 Å². The lowest BCUT2D eigenvalue weighted by Crippen LogP contribution is -2.42. The predicted molar refractivity (Wildman–Crippen MR) is 129 cm³/mol. The number of carbonyl (C=O) groups is 2. The molecule has 0 radical (unpaired) electrons. The molecular formula is C25H31N3O4S. The maximum Gasteiger partial charge on any atom is 0.255 e. The standard InChI is InChI=1S/C25H31N3O4S/c1-17-13-18(2)16-27(15-17)33(31,32)22-9-6-20(7-10-22)25(30)26-21-8-11-23(19(3)14-21)28-12-4-5-24(28)29/h6-11,14,17-18H,4-5,12-13,15-16H2,1-3H3,(H,26,30). The molecule has 8 heteroatoms. The van der Waals surface area contributed by atoms with Gasteiger partial charge in [0.05, 0.1) is 4.90 Å². The van der Waals surface area contributed by atoms with E-state index in [1.54, 1.807) is 27.4 Å². The van der Waals surface area contributed by atoms with Crippen molar-refractivity contribution in [2.45, 2.75) is 44.9 Å². The normalized spacial score (nSPS) is 21.9. The molecule has 0 spiro atoms. The van der Waals surface area contributed by atoms with Crippen molar-refractivity contribution in [1.82, 2.24) is 4.31 Å². The van der Waals surface area contributed by atoms with Crippen LogP contribution < -0.4 is 10.2 Å². The van der Waals surface area contributed by atoms with E-state index in [4.69, 9.17) is 0 Å². The fraction of sp³-hybridized carbons (Fsp3) is 0.440. The molecule has 0 aromatic heterocycles. The largest absolute Gasteiger partial charge is 0.322 e. The van der Waals surface area contributed by atoms with Crippen molar-refractivity contribution in [3.05, 3.63) is 53.6 Å². The number of piperidine rings is 1. The van der Waals surface area contributed by atoms with Crippen molar-refractivity contribution in [2.24, 2.45) is 11.8 Å². The third-order valence-corrected chi connectivity index (χ3v) is 8.25. The summed E-state index contributed by atoms with van der Waals surface area (Å²) in [6, 6.07) is 11.6. The third kappa shape index (κ3) is 4.96. The van der Waals surface area contributed by atoms with Crippen molar-refractivity contribution >= 4 is 33.2 Å². The van der Waals surface area contributed by atoms with Crippen LogP contribution in [0, 0.1) is 18.8 Å². The summed E-state index contributed by atoms with van der Waals surface area (Å²) in [5.41, 5.74) is 2.78. The second-order valence-electron chi connectivity index (χ2n) is 9.40. The van der Waals surface area contributed by atoms with E-state index in [1.807, 2.05) is 19.1 Å². The molecule has 1 N–H and O–H groups in total. The van der Waals surface area contributed by atoms with Gasteiger partial charge in [0.25, 0.3) is 5.91 Å². The zero-order chi connectivity index (χ0) is 23.8. The van der Waals surface area contributed by atoms with Gasteiger partial charge in [-0.1, -0.05) is 13.8 Å². The van der Waals surface area contributed by atoms with Gasteiger partial charge in [-0.15, -0.1) is 0 Å². The van der Waals surface area contributed by atoms with Crippen LogP contribution in [-0.4, -0.2) is 44.2 Å². The lowest BCUT2D eigenvalue weighted by Gasteiger charge is -2.34. The highest BCUT2D eigenvalue weighted by molar-refractivity contribution is 7.89. The highest BCUT2D eigenvalue weighted by Gasteiger charge is 2.31. The van der Waals surface area contributed by atoms with Crippen LogP contribution in [0.5, 0.6) is 0 Å². The summed E-state index contributed by atoms with van der Waals surface area (Å²) in [5.74, 6) is 0.459. The van der Waals surface area contributed by atoms with Crippen LogP contribution in [0.4, 0.5) is 11.4 Å². The van der Waals surface area contributed by atoms with E-state index in [2.05, 4.69) is 19.2 Å². The maximum absolute atomic E-state index is 13.0.